The summed E-state index contributed by atoms with van der Waals surface area (Å²) < 4.78 is 69.6. The number of non-ortho nitro benzene ring substituents is 3. The van der Waals surface area contributed by atoms with Gasteiger partial charge in [-0.15, -0.1) is 10.1 Å². The van der Waals surface area contributed by atoms with Crippen molar-refractivity contribution in [3.8, 4) is 0 Å². The molecule has 664 valence electrons. The molecule has 0 radical (unpaired) electrons. The first-order valence-corrected chi connectivity index (χ1v) is 37.7. The average Bonchev–Trinajstić information content (AvgIpc) is 0.809. The zero-order chi connectivity index (χ0) is 92.4. The van der Waals surface area contributed by atoms with Gasteiger partial charge >= 0.3 is 68.7 Å². The van der Waals surface area contributed by atoms with Gasteiger partial charge in [-0.05, 0) is 109 Å². The number of carbonyl (C=O) groups excluding carboxylic acids is 6. The van der Waals surface area contributed by atoms with E-state index in [0.29, 0.717) is 43.6 Å². The number of nitrogens with zero attached hydrogens (tertiary/aromatic N) is 4. The van der Waals surface area contributed by atoms with Crippen molar-refractivity contribution in [1.82, 2.24) is 21.3 Å². The van der Waals surface area contributed by atoms with Crippen molar-refractivity contribution in [1.29, 1.82) is 0 Å². The number of aliphatic hydroxyl groups is 1. The molecule has 4 heterocycles. The summed E-state index contributed by atoms with van der Waals surface area (Å²) in [5, 5.41) is 98.9. The zero-order valence-electron chi connectivity index (χ0n) is 63.3. The Bertz CT molecular complexity index is 5160. The molecule has 0 unspecified atom stereocenters. The Balaban J connectivity index is -0.00000136. The Morgan fingerprint density at radius 2 is 0.760 bits per heavy atom. The molecular weight excluding hydrogens is 1720 g/mol. The molecule has 0 fully saturated rings. The number of aliphatic carboxylic acids is 1. The molecule has 3 atom stereocenters. The van der Waals surface area contributed by atoms with E-state index in [0.717, 1.165) is 36.4 Å². The second-order valence-corrected chi connectivity index (χ2v) is 25.3. The van der Waals surface area contributed by atoms with Crippen LogP contribution in [0.1, 0.15) is 129 Å². The normalized spacial score (nSPS) is 10.7. The third kappa shape index (κ3) is 46.1. The molecule has 0 aliphatic heterocycles. The number of rotatable bonds is 25. The van der Waals surface area contributed by atoms with Gasteiger partial charge < -0.3 is 90.6 Å². The molecular formula is C68H82Cl2N10O39S2. The Labute approximate surface area is 691 Å². The number of carboxylic acids is 4. The molecule has 4 aromatic carbocycles. The SMILES string of the molecule is C.CCNC(=O)CC[C@H](N)C(=O)O.CCNC(=O)CC[C@H](N)C(=O)OCC.CCNC(=O)CC[C@H](NC(=O)c1cc2cc([N+](=O)[O-])ccc2oc1=O)C(=O)OCC.CCO.O=C(O)c1cc2cc([N+](=O)[O-])ccc2oc1=O.O=C(O)c1cc2cc([N+](=O)[O-])ccc2oc1=O.O=C(O)c1cc2ccccc2oc1=O.O=S(=O)(O)O.O=S(Cl)Cl.O=[N+]([O-])O. The number of hydrogen-bond acceptors (Lipinski definition) is 34. The number of nitrogens with one attached hydrogen (secondary N) is 4. The first-order chi connectivity index (χ1) is 56.0. The summed E-state index contributed by atoms with van der Waals surface area (Å²) in [5.74, 6) is -7.90. The van der Waals surface area contributed by atoms with Crippen molar-refractivity contribution in [2.24, 2.45) is 11.5 Å². The lowest BCUT2D eigenvalue weighted by Gasteiger charge is -2.17. The molecule has 8 aromatic rings. The predicted octanol–water partition coefficient (Wildman–Crippen LogP) is 5.35. The maximum atomic E-state index is 12.6. The highest BCUT2D eigenvalue weighted by Gasteiger charge is 2.27. The maximum Gasteiger partial charge on any atom is 0.394 e. The van der Waals surface area contributed by atoms with Crippen LogP contribution in [0.4, 0.5) is 17.1 Å². The fraction of sp³-hybridized carbons (Fsp3) is 0.324. The number of halogens is 2. The van der Waals surface area contributed by atoms with E-state index in [-0.39, 0.29) is 126 Å². The van der Waals surface area contributed by atoms with E-state index in [1.54, 1.807) is 58.9 Å². The van der Waals surface area contributed by atoms with Crippen molar-refractivity contribution in [2.45, 2.75) is 106 Å². The van der Waals surface area contributed by atoms with Crippen LogP contribution in [0.25, 0.3) is 43.9 Å². The molecule has 4 aromatic heterocycles. The number of aromatic carboxylic acids is 3. The van der Waals surface area contributed by atoms with E-state index in [4.69, 9.17) is 101 Å². The van der Waals surface area contributed by atoms with E-state index >= 15 is 0 Å². The van der Waals surface area contributed by atoms with Crippen LogP contribution in [-0.4, -0.2) is 189 Å². The smallest absolute Gasteiger partial charge is 0.394 e. The highest BCUT2D eigenvalue weighted by molar-refractivity contribution is 8.26. The summed E-state index contributed by atoms with van der Waals surface area (Å²) >= 11 is 0. The summed E-state index contributed by atoms with van der Waals surface area (Å²) in [6, 6.07) is 19.2. The molecule has 53 heteroatoms. The average molecular weight is 1800 g/mol. The largest absolute Gasteiger partial charge is 0.480 e. The number of fused-ring (bicyclic) bond motifs is 4. The third-order valence-electron chi connectivity index (χ3n) is 13.3. The highest BCUT2D eigenvalue weighted by atomic mass is 36.0. The van der Waals surface area contributed by atoms with Crippen LogP contribution >= 0.6 is 21.4 Å². The number of nitro groups is 3. The maximum absolute atomic E-state index is 12.6. The van der Waals surface area contributed by atoms with Crippen LogP contribution < -0.4 is 55.2 Å². The van der Waals surface area contributed by atoms with Crippen molar-refractivity contribution in [3.63, 3.8) is 0 Å². The number of ether oxygens (including phenoxy) is 2. The minimum atomic E-state index is -4.67. The van der Waals surface area contributed by atoms with Gasteiger partial charge in [0.2, 0.25) is 26.9 Å². The summed E-state index contributed by atoms with van der Waals surface area (Å²) in [4.78, 5) is 196. The first-order valence-electron chi connectivity index (χ1n) is 33.5. The van der Waals surface area contributed by atoms with E-state index in [1.807, 2.05) is 6.92 Å². The van der Waals surface area contributed by atoms with Gasteiger partial charge in [-0.1, -0.05) is 25.6 Å². The fourth-order valence-corrected chi connectivity index (χ4v) is 8.26. The molecule has 121 heavy (non-hydrogen) atoms. The number of para-hydroxylation sites is 1. The van der Waals surface area contributed by atoms with Crippen LogP contribution in [-0.2, 0) is 57.9 Å². The van der Waals surface area contributed by atoms with Crippen LogP contribution in [0, 0.1) is 40.5 Å². The number of esters is 2. The number of nitrogens with two attached hydrogens (primary N) is 2. The zero-order valence-corrected chi connectivity index (χ0v) is 66.4. The topological polar surface area (TPSA) is 796 Å². The van der Waals surface area contributed by atoms with Gasteiger partial charge in [0.25, 0.3) is 28.1 Å². The molecule has 49 nitrogen and oxygen atoms in total. The number of nitro benzene ring substituents is 3. The third-order valence-corrected chi connectivity index (χ3v) is 13.3. The summed E-state index contributed by atoms with van der Waals surface area (Å²) in [6.07, 6.45) is 0.845. The van der Waals surface area contributed by atoms with Crippen LogP contribution in [0.15, 0.2) is 140 Å². The van der Waals surface area contributed by atoms with Gasteiger partial charge in [-0.25, -0.2) is 42.6 Å². The predicted molar refractivity (Wildman–Crippen MR) is 425 cm³/mol. The quantitative estimate of drug-likeness (QED) is 0.00855. The molecule has 0 bridgehead atoms. The van der Waals surface area contributed by atoms with E-state index in [9.17, 15) is 97.5 Å². The lowest BCUT2D eigenvalue weighted by molar-refractivity contribution is -0.742. The van der Waals surface area contributed by atoms with E-state index in [1.165, 1.54) is 42.5 Å². The lowest BCUT2D eigenvalue weighted by atomic mass is 10.1. The van der Waals surface area contributed by atoms with Gasteiger partial charge in [-0.2, -0.15) is 8.42 Å². The lowest BCUT2D eigenvalue weighted by Crippen LogP contribution is -2.43. The number of carboxylic acid groups (broad SMARTS) is 4. The molecule has 4 amide bonds. The standard InChI is InChI=1S/C19H21N3O8.2C10H5NO6.C10H6O4.C9H18N2O3.C7H14N2O3.C2H6O.CH4.Cl2OS.HNO3.H2O4S/c1-3-20-16(23)8-6-14(19(26)29-4-2)21-17(24)13-10-11-9-12(22(27)28)5-7-15(11)30-18(13)25;2*12-9(13)7-4-5-3-6(11(15)16)1-2-8(5)17-10(7)14;11-9(12)7-5-6-3-1-2-4-8(6)14-10(7)13;1-3-11-8(12)6-5-7(10)9(13)14-4-2;1-2-9-6(10)4-3-5(8)7(11)12;1-2-3;;1-4(2)3;2-1(3)4;1-5(2,3)4/h5,7,9-10,14H,3-4,6,8H2,1-2H3,(H,20,23)(H,21,24);2*1-4H,(H,12,13);1-5H,(H,11,12);7H,3-6,10H2,1-2H3,(H,11,12);5H,2-4,8H2,1H3,(H,9,10)(H,11,12);3H,2H2,1H3;1H4;;(H,2,3,4);(H2,1,2,3,4)/t14-;;;;7-;5-;;;;;/m0...00...../s1. The second kappa shape index (κ2) is 58.2. The van der Waals surface area contributed by atoms with Gasteiger partial charge in [0.1, 0.15) is 62.7 Å². The van der Waals surface area contributed by atoms with Gasteiger partial charge in [0.05, 0.1) is 28.0 Å². The molecule has 8 rings (SSSR count). The van der Waals surface area contributed by atoms with E-state index in [2.05, 4.69) is 42.6 Å². The van der Waals surface area contributed by atoms with Crippen LogP contribution in [0.2, 0.25) is 0 Å². The second-order valence-electron chi connectivity index (χ2n) is 21.9. The highest BCUT2D eigenvalue weighted by Crippen LogP contribution is 2.24. The van der Waals surface area contributed by atoms with Gasteiger partial charge in [0, 0.05) is 125 Å². The molecule has 0 aliphatic rings. The van der Waals surface area contributed by atoms with Gasteiger partial charge in [0.15, 0.2) is 0 Å². The number of benzene rings is 4. The van der Waals surface area contributed by atoms with E-state index < -0.39 is 139 Å². The van der Waals surface area contributed by atoms with Crippen LogP contribution in [0.3, 0.4) is 0 Å². The Kier molecular flexibility index (Phi) is 53.6. The van der Waals surface area contributed by atoms with Crippen LogP contribution in [0.5, 0.6) is 0 Å². The number of hydrogen-bond donors (Lipinski definition) is 14. The van der Waals surface area contributed by atoms with Crippen molar-refractivity contribution < 1.29 is 147 Å². The number of carbonyl (C=O) groups is 10. The molecule has 0 spiro atoms. The summed E-state index contributed by atoms with van der Waals surface area (Å²) in [6.45, 7) is 12.6. The monoisotopic (exact) mass is 1800 g/mol. The summed E-state index contributed by atoms with van der Waals surface area (Å²) in [5.41, 5.74) is 5.02. The first kappa shape index (κ1) is 111. The summed E-state index contributed by atoms with van der Waals surface area (Å²) in [7, 11) is 2.69. The van der Waals surface area contributed by atoms with Gasteiger partial charge in [-0.3, -0.25) is 68.2 Å². The van der Waals surface area contributed by atoms with Crippen molar-refractivity contribution >= 4 is 161 Å². The molecule has 16 N–H and O–H groups in total. The fourth-order valence-electron chi connectivity index (χ4n) is 8.26. The Morgan fingerprint density at radius 3 is 1.06 bits per heavy atom. The number of aliphatic hydroxyl groups excluding tert-OH is 1. The molecule has 0 saturated carbocycles. The Hall–Kier alpha value is -13.7. The molecule has 0 aliphatic carbocycles. The Morgan fingerprint density at radius 1 is 0.488 bits per heavy atom. The minimum Gasteiger partial charge on any atom is -0.480 e. The van der Waals surface area contributed by atoms with Crippen molar-refractivity contribution in [2.75, 3.05) is 39.5 Å². The number of amides is 4. The minimum absolute atomic E-state index is 0. The molecule has 0 saturated heterocycles. The van der Waals surface area contributed by atoms with Crippen molar-refractivity contribution in [3.05, 3.63) is 208 Å².